The predicted molar refractivity (Wildman–Crippen MR) is 68.6 cm³/mol. The van der Waals surface area contributed by atoms with Crippen LogP contribution in [0.1, 0.15) is 10.5 Å². The van der Waals surface area contributed by atoms with Gasteiger partial charge in [-0.2, -0.15) is 0 Å². The Hall–Kier alpha value is -2.97. The van der Waals surface area contributed by atoms with E-state index in [4.69, 9.17) is 5.73 Å². The van der Waals surface area contributed by atoms with Gasteiger partial charge in [0.25, 0.3) is 0 Å². The molecule has 0 aliphatic heterocycles. The minimum atomic E-state index is -0.709. The first-order valence-electron chi connectivity index (χ1n) is 5.60. The molecule has 104 valence electrons. The number of amides is 1. The van der Waals surface area contributed by atoms with E-state index in [1.807, 2.05) is 0 Å². The molecule has 0 bridgehead atoms. The van der Waals surface area contributed by atoms with Crippen molar-refractivity contribution in [1.82, 2.24) is 20.0 Å². The van der Waals surface area contributed by atoms with E-state index in [9.17, 15) is 9.59 Å². The molecule has 2 heterocycles. The van der Waals surface area contributed by atoms with Crippen LogP contribution in [0.3, 0.4) is 0 Å². The molecule has 0 spiro atoms. The van der Waals surface area contributed by atoms with Crippen LogP contribution in [0.15, 0.2) is 24.4 Å². The molecular formula is C11H12N6O3. The van der Waals surface area contributed by atoms with Crippen LogP contribution in [-0.2, 0) is 16.1 Å². The molecule has 2 aromatic heterocycles. The first kappa shape index (κ1) is 13.5. The fourth-order valence-electron chi connectivity index (χ4n) is 1.43. The maximum absolute atomic E-state index is 11.8. The Morgan fingerprint density at radius 1 is 1.45 bits per heavy atom. The zero-order valence-electron chi connectivity index (χ0n) is 10.6. The first-order chi connectivity index (χ1) is 9.61. The van der Waals surface area contributed by atoms with Gasteiger partial charge in [0, 0.05) is 6.20 Å². The van der Waals surface area contributed by atoms with E-state index in [-0.39, 0.29) is 18.1 Å². The van der Waals surface area contributed by atoms with Crippen molar-refractivity contribution in [2.75, 3.05) is 18.2 Å². The number of hydrogen-bond acceptors (Lipinski definition) is 7. The third kappa shape index (κ3) is 2.88. The number of aromatic nitrogens is 4. The SMILES string of the molecule is COC(=O)c1nnn(CC(=O)Nc2ccccn2)c1N. The maximum Gasteiger partial charge on any atom is 0.362 e. The Kier molecular flexibility index (Phi) is 3.89. The highest BCUT2D eigenvalue weighted by molar-refractivity contribution is 5.93. The molecule has 0 atom stereocenters. The Bertz CT molecular complexity index is 624. The lowest BCUT2D eigenvalue weighted by atomic mass is 10.4. The Balaban J connectivity index is 2.05. The van der Waals surface area contributed by atoms with Gasteiger partial charge in [0.2, 0.25) is 11.6 Å². The standard InChI is InChI=1S/C11H12N6O3/c1-20-11(19)9-10(12)17(16-15-9)6-8(18)14-7-4-2-3-5-13-7/h2-5H,6,12H2,1H3,(H,13,14,18). The summed E-state index contributed by atoms with van der Waals surface area (Å²) in [5, 5.41) is 9.75. The lowest BCUT2D eigenvalue weighted by Gasteiger charge is -2.04. The monoisotopic (exact) mass is 276 g/mol. The normalized spacial score (nSPS) is 10.1. The topological polar surface area (TPSA) is 125 Å². The van der Waals surface area contributed by atoms with Crippen LogP contribution in [0.2, 0.25) is 0 Å². The molecule has 0 saturated carbocycles. The van der Waals surface area contributed by atoms with Crippen molar-refractivity contribution in [3.8, 4) is 0 Å². The summed E-state index contributed by atoms with van der Waals surface area (Å²) in [7, 11) is 1.20. The molecule has 2 aromatic rings. The minimum absolute atomic E-state index is 0.0342. The second-order valence-corrected chi connectivity index (χ2v) is 3.74. The summed E-state index contributed by atoms with van der Waals surface area (Å²) in [5.74, 6) is -0.729. The number of carbonyl (C=O) groups is 2. The molecule has 0 unspecified atom stereocenters. The predicted octanol–water partition coefficient (Wildman–Crippen LogP) is -0.319. The molecule has 0 aliphatic rings. The average Bonchev–Trinajstić information content (AvgIpc) is 2.80. The number of rotatable bonds is 4. The second-order valence-electron chi connectivity index (χ2n) is 3.74. The van der Waals surface area contributed by atoms with E-state index in [1.54, 1.807) is 24.4 Å². The Morgan fingerprint density at radius 2 is 2.25 bits per heavy atom. The van der Waals surface area contributed by atoms with Crippen LogP contribution in [0.4, 0.5) is 11.6 Å². The van der Waals surface area contributed by atoms with Crippen LogP contribution in [0, 0.1) is 0 Å². The second kappa shape index (κ2) is 5.78. The van der Waals surface area contributed by atoms with Gasteiger partial charge in [-0.05, 0) is 12.1 Å². The van der Waals surface area contributed by atoms with Crippen LogP contribution < -0.4 is 11.1 Å². The van der Waals surface area contributed by atoms with Crippen LogP contribution in [-0.4, -0.2) is 39.0 Å². The smallest absolute Gasteiger partial charge is 0.362 e. The summed E-state index contributed by atoms with van der Waals surface area (Å²) in [6.45, 7) is -0.188. The van der Waals surface area contributed by atoms with Gasteiger partial charge >= 0.3 is 5.97 Å². The maximum atomic E-state index is 11.8. The number of methoxy groups -OCH3 is 1. The van der Waals surface area contributed by atoms with Crippen molar-refractivity contribution in [3.05, 3.63) is 30.1 Å². The summed E-state index contributed by atoms with van der Waals surface area (Å²) in [6.07, 6.45) is 1.55. The van der Waals surface area contributed by atoms with Crippen LogP contribution in [0.5, 0.6) is 0 Å². The van der Waals surface area contributed by atoms with Crippen molar-refractivity contribution in [2.45, 2.75) is 6.54 Å². The number of esters is 1. The molecule has 0 aromatic carbocycles. The zero-order valence-corrected chi connectivity index (χ0v) is 10.6. The van der Waals surface area contributed by atoms with E-state index < -0.39 is 11.9 Å². The van der Waals surface area contributed by atoms with Gasteiger partial charge in [0.15, 0.2) is 5.82 Å². The zero-order chi connectivity index (χ0) is 14.5. The van der Waals surface area contributed by atoms with Gasteiger partial charge in [0.1, 0.15) is 12.4 Å². The molecular weight excluding hydrogens is 264 g/mol. The van der Waals surface area contributed by atoms with Gasteiger partial charge < -0.3 is 15.8 Å². The van der Waals surface area contributed by atoms with Crippen LogP contribution in [0.25, 0.3) is 0 Å². The number of carbonyl (C=O) groups excluding carboxylic acids is 2. The number of nitrogens with one attached hydrogen (secondary N) is 1. The number of pyridine rings is 1. The molecule has 2 rings (SSSR count). The molecule has 0 saturated heterocycles. The molecule has 3 N–H and O–H groups in total. The number of nitrogens with two attached hydrogens (primary N) is 1. The molecule has 20 heavy (non-hydrogen) atoms. The van der Waals surface area contributed by atoms with E-state index in [1.165, 1.54) is 7.11 Å². The molecule has 9 heteroatoms. The van der Waals surface area contributed by atoms with Crippen molar-refractivity contribution < 1.29 is 14.3 Å². The van der Waals surface area contributed by atoms with E-state index in [2.05, 4.69) is 25.3 Å². The highest BCUT2D eigenvalue weighted by atomic mass is 16.5. The number of ether oxygens (including phenoxy) is 1. The molecule has 0 fully saturated rings. The van der Waals surface area contributed by atoms with Gasteiger partial charge in [-0.3, -0.25) is 4.79 Å². The minimum Gasteiger partial charge on any atom is -0.464 e. The third-order valence-corrected chi connectivity index (χ3v) is 2.38. The number of anilines is 2. The highest BCUT2D eigenvalue weighted by Gasteiger charge is 2.19. The van der Waals surface area contributed by atoms with Crippen molar-refractivity contribution in [1.29, 1.82) is 0 Å². The van der Waals surface area contributed by atoms with Crippen molar-refractivity contribution in [3.63, 3.8) is 0 Å². The van der Waals surface area contributed by atoms with Gasteiger partial charge in [-0.15, -0.1) is 5.10 Å². The number of nitrogens with zero attached hydrogens (tertiary/aromatic N) is 4. The first-order valence-corrected chi connectivity index (χ1v) is 5.60. The summed E-state index contributed by atoms with van der Waals surface area (Å²) in [4.78, 5) is 27.0. The van der Waals surface area contributed by atoms with E-state index in [0.29, 0.717) is 5.82 Å². The molecule has 0 aliphatic carbocycles. The van der Waals surface area contributed by atoms with Gasteiger partial charge in [-0.1, -0.05) is 11.3 Å². The number of nitrogen functional groups attached to an aromatic ring is 1. The Labute approximate surface area is 113 Å². The number of hydrogen-bond donors (Lipinski definition) is 2. The van der Waals surface area contributed by atoms with Crippen molar-refractivity contribution >= 4 is 23.5 Å². The fourth-order valence-corrected chi connectivity index (χ4v) is 1.43. The van der Waals surface area contributed by atoms with Crippen molar-refractivity contribution in [2.24, 2.45) is 0 Å². The molecule has 0 radical (unpaired) electrons. The van der Waals surface area contributed by atoms with Gasteiger partial charge in [0.05, 0.1) is 7.11 Å². The molecule has 9 nitrogen and oxygen atoms in total. The fraction of sp³-hybridized carbons (Fsp3) is 0.182. The molecule has 1 amide bonds. The quantitative estimate of drug-likeness (QED) is 0.733. The summed E-state index contributed by atoms with van der Waals surface area (Å²) in [6, 6.07) is 5.11. The van der Waals surface area contributed by atoms with Crippen LogP contribution >= 0.6 is 0 Å². The largest absolute Gasteiger partial charge is 0.464 e. The lowest BCUT2D eigenvalue weighted by Crippen LogP contribution is -2.21. The van der Waals surface area contributed by atoms with E-state index >= 15 is 0 Å². The summed E-state index contributed by atoms with van der Waals surface area (Å²) in [5.41, 5.74) is 5.54. The summed E-state index contributed by atoms with van der Waals surface area (Å²) < 4.78 is 5.59. The third-order valence-electron chi connectivity index (χ3n) is 2.38. The Morgan fingerprint density at radius 3 is 2.90 bits per heavy atom. The van der Waals surface area contributed by atoms with E-state index in [0.717, 1.165) is 4.68 Å². The highest BCUT2D eigenvalue weighted by Crippen LogP contribution is 2.09. The summed E-state index contributed by atoms with van der Waals surface area (Å²) >= 11 is 0. The average molecular weight is 276 g/mol. The lowest BCUT2D eigenvalue weighted by molar-refractivity contribution is -0.116. The van der Waals surface area contributed by atoms with Gasteiger partial charge in [-0.25, -0.2) is 14.5 Å².